The van der Waals surface area contributed by atoms with Crippen LogP contribution in [0.4, 0.5) is 4.39 Å². The molecule has 0 saturated heterocycles. The summed E-state index contributed by atoms with van der Waals surface area (Å²) in [5, 5.41) is 0.686. The largest absolute Gasteiger partial charge is 0.321 e. The first kappa shape index (κ1) is 10.5. The molecule has 0 amide bonds. The van der Waals surface area contributed by atoms with E-state index in [9.17, 15) is 14.0 Å². The van der Waals surface area contributed by atoms with E-state index in [1.54, 1.807) is 13.0 Å². The van der Waals surface area contributed by atoms with E-state index in [4.69, 9.17) is 0 Å². The number of ketones is 1. The van der Waals surface area contributed by atoms with Gasteiger partial charge < -0.3 is 4.98 Å². The van der Waals surface area contributed by atoms with Crippen LogP contribution in [0.25, 0.3) is 10.9 Å². The molecule has 1 N–H and O–H groups in total. The Labute approximate surface area is 90.9 Å². The van der Waals surface area contributed by atoms with E-state index < -0.39 is 11.4 Å². The molecule has 82 valence electrons. The van der Waals surface area contributed by atoms with Crippen LogP contribution in [0.1, 0.15) is 22.8 Å². The van der Waals surface area contributed by atoms with Gasteiger partial charge in [-0.1, -0.05) is 0 Å². The molecule has 16 heavy (non-hydrogen) atoms. The summed E-state index contributed by atoms with van der Waals surface area (Å²) in [5.41, 5.74) is 0.668. The van der Waals surface area contributed by atoms with Gasteiger partial charge in [0.1, 0.15) is 5.82 Å². The van der Waals surface area contributed by atoms with Crippen molar-refractivity contribution in [2.45, 2.75) is 13.8 Å². The number of fused-ring (bicyclic) bond motifs is 1. The molecule has 0 atom stereocenters. The Morgan fingerprint density at radius 2 is 2.06 bits per heavy atom. The molecule has 0 spiro atoms. The zero-order chi connectivity index (χ0) is 11.9. The predicted octanol–water partition coefficient (Wildman–Crippen LogP) is 2.18. The molecule has 0 unspecified atom stereocenters. The van der Waals surface area contributed by atoms with Gasteiger partial charge in [-0.3, -0.25) is 9.59 Å². The number of pyridine rings is 1. The third kappa shape index (κ3) is 1.52. The minimum atomic E-state index is -0.469. The van der Waals surface area contributed by atoms with Gasteiger partial charge in [0.2, 0.25) is 0 Å². The molecule has 0 fully saturated rings. The van der Waals surface area contributed by atoms with E-state index in [2.05, 4.69) is 4.98 Å². The van der Waals surface area contributed by atoms with Gasteiger partial charge in [-0.05, 0) is 37.6 Å². The van der Waals surface area contributed by atoms with Gasteiger partial charge in [-0.2, -0.15) is 0 Å². The van der Waals surface area contributed by atoms with Crippen LogP contribution in [-0.2, 0) is 0 Å². The van der Waals surface area contributed by atoms with E-state index in [0.717, 1.165) is 0 Å². The summed E-state index contributed by atoms with van der Waals surface area (Å²) in [6.45, 7) is 3.03. The van der Waals surface area contributed by atoms with Crippen LogP contribution in [0.15, 0.2) is 23.0 Å². The van der Waals surface area contributed by atoms with Crippen molar-refractivity contribution in [1.29, 1.82) is 0 Å². The standard InChI is InChI=1S/C12H10FNO2/c1-6-9-4-3-8(13)5-10(9)14-12(16)11(6)7(2)15/h3-5H,1-2H3,(H,14,16). The van der Waals surface area contributed by atoms with Crippen LogP contribution in [-0.4, -0.2) is 10.8 Å². The van der Waals surface area contributed by atoms with Crippen LogP contribution < -0.4 is 5.56 Å². The molecule has 0 saturated carbocycles. The number of Topliss-reactive ketones (excluding diaryl/α,β-unsaturated/α-hetero) is 1. The Balaban J connectivity index is 2.94. The molecular formula is C12H10FNO2. The molecule has 1 heterocycles. The third-order valence-corrected chi connectivity index (χ3v) is 2.59. The minimum Gasteiger partial charge on any atom is -0.321 e. The average Bonchev–Trinajstić information content (AvgIpc) is 2.15. The highest BCUT2D eigenvalue weighted by molar-refractivity contribution is 5.99. The van der Waals surface area contributed by atoms with Gasteiger partial charge in [-0.25, -0.2) is 4.39 Å². The first-order chi connectivity index (χ1) is 7.50. The lowest BCUT2D eigenvalue weighted by molar-refractivity contribution is 0.101. The molecular weight excluding hydrogens is 209 g/mol. The van der Waals surface area contributed by atoms with Crippen molar-refractivity contribution in [3.63, 3.8) is 0 Å². The lowest BCUT2D eigenvalue weighted by atomic mass is 10.0. The second-order valence-corrected chi connectivity index (χ2v) is 3.70. The zero-order valence-corrected chi connectivity index (χ0v) is 8.93. The predicted molar refractivity (Wildman–Crippen MR) is 59.3 cm³/mol. The molecule has 2 rings (SSSR count). The average molecular weight is 219 g/mol. The van der Waals surface area contributed by atoms with E-state index in [1.807, 2.05) is 0 Å². The van der Waals surface area contributed by atoms with Crippen molar-refractivity contribution >= 4 is 16.7 Å². The summed E-state index contributed by atoms with van der Waals surface area (Å²) >= 11 is 0. The fourth-order valence-electron chi connectivity index (χ4n) is 1.86. The normalized spacial score (nSPS) is 10.7. The number of benzene rings is 1. The summed E-state index contributed by atoms with van der Waals surface area (Å²) < 4.78 is 13.0. The first-order valence-corrected chi connectivity index (χ1v) is 4.84. The number of carbonyl (C=O) groups is 1. The van der Waals surface area contributed by atoms with Crippen molar-refractivity contribution < 1.29 is 9.18 Å². The fraction of sp³-hybridized carbons (Fsp3) is 0.167. The molecule has 4 heteroatoms. The molecule has 0 aliphatic heterocycles. The van der Waals surface area contributed by atoms with Crippen LogP contribution in [0.3, 0.4) is 0 Å². The molecule has 1 aromatic carbocycles. The van der Waals surface area contributed by atoms with E-state index in [-0.39, 0.29) is 11.3 Å². The van der Waals surface area contributed by atoms with Gasteiger partial charge in [-0.15, -0.1) is 0 Å². The van der Waals surface area contributed by atoms with Crippen LogP contribution in [0.2, 0.25) is 0 Å². The van der Waals surface area contributed by atoms with Gasteiger partial charge in [0.05, 0.1) is 11.1 Å². The van der Waals surface area contributed by atoms with Gasteiger partial charge in [0, 0.05) is 5.39 Å². The molecule has 1 aromatic heterocycles. The topological polar surface area (TPSA) is 49.9 Å². The number of halogens is 1. The van der Waals surface area contributed by atoms with E-state index >= 15 is 0 Å². The summed E-state index contributed by atoms with van der Waals surface area (Å²) in [6.07, 6.45) is 0. The second kappa shape index (κ2) is 3.56. The number of carbonyl (C=O) groups excluding carboxylic acids is 1. The van der Waals surface area contributed by atoms with E-state index in [1.165, 1.54) is 19.1 Å². The number of hydrogen-bond acceptors (Lipinski definition) is 2. The van der Waals surface area contributed by atoms with Crippen molar-refractivity contribution in [3.8, 4) is 0 Å². The molecule has 0 aliphatic carbocycles. The van der Waals surface area contributed by atoms with Crippen molar-refractivity contribution in [1.82, 2.24) is 4.98 Å². The first-order valence-electron chi connectivity index (χ1n) is 4.84. The highest BCUT2D eigenvalue weighted by Crippen LogP contribution is 2.18. The Kier molecular flexibility index (Phi) is 2.34. The zero-order valence-electron chi connectivity index (χ0n) is 8.93. The van der Waals surface area contributed by atoms with Crippen molar-refractivity contribution in [3.05, 3.63) is 45.5 Å². The molecule has 0 bridgehead atoms. The smallest absolute Gasteiger partial charge is 0.259 e. The lowest BCUT2D eigenvalue weighted by Crippen LogP contribution is -2.18. The quantitative estimate of drug-likeness (QED) is 0.747. The summed E-state index contributed by atoms with van der Waals surface area (Å²) in [6, 6.07) is 4.10. The number of hydrogen-bond donors (Lipinski definition) is 1. The number of H-pyrrole nitrogens is 1. The third-order valence-electron chi connectivity index (χ3n) is 2.59. The second-order valence-electron chi connectivity index (χ2n) is 3.70. The number of nitrogens with one attached hydrogen (secondary N) is 1. The summed E-state index contributed by atoms with van der Waals surface area (Å²) in [7, 11) is 0. The SMILES string of the molecule is CC(=O)c1c(C)c2ccc(F)cc2[nH]c1=O. The Hall–Kier alpha value is -1.97. The van der Waals surface area contributed by atoms with Crippen LogP contribution >= 0.6 is 0 Å². The van der Waals surface area contributed by atoms with Crippen LogP contribution in [0, 0.1) is 12.7 Å². The highest BCUT2D eigenvalue weighted by atomic mass is 19.1. The Morgan fingerprint density at radius 1 is 1.38 bits per heavy atom. The highest BCUT2D eigenvalue weighted by Gasteiger charge is 2.12. The lowest BCUT2D eigenvalue weighted by Gasteiger charge is -2.05. The fourth-order valence-corrected chi connectivity index (χ4v) is 1.86. The number of aromatic amines is 1. The van der Waals surface area contributed by atoms with Crippen molar-refractivity contribution in [2.24, 2.45) is 0 Å². The Bertz CT molecular complexity index is 643. The minimum absolute atomic E-state index is 0.138. The van der Waals surface area contributed by atoms with Gasteiger partial charge in [0.25, 0.3) is 5.56 Å². The maximum absolute atomic E-state index is 13.0. The molecule has 0 aliphatic rings. The Morgan fingerprint density at radius 3 is 2.69 bits per heavy atom. The maximum Gasteiger partial charge on any atom is 0.259 e. The van der Waals surface area contributed by atoms with Crippen LogP contribution in [0.5, 0.6) is 0 Å². The summed E-state index contributed by atoms with van der Waals surface area (Å²) in [5.74, 6) is -0.705. The molecule has 0 radical (unpaired) electrons. The summed E-state index contributed by atoms with van der Waals surface area (Å²) in [4.78, 5) is 25.4. The number of rotatable bonds is 1. The van der Waals surface area contributed by atoms with E-state index in [0.29, 0.717) is 16.5 Å². The van der Waals surface area contributed by atoms with Gasteiger partial charge in [0.15, 0.2) is 5.78 Å². The van der Waals surface area contributed by atoms with Crippen molar-refractivity contribution in [2.75, 3.05) is 0 Å². The molecule has 2 aromatic rings. The number of aromatic nitrogens is 1. The van der Waals surface area contributed by atoms with Gasteiger partial charge >= 0.3 is 0 Å². The maximum atomic E-state index is 13.0. The molecule has 3 nitrogen and oxygen atoms in total. The number of aryl methyl sites for hydroxylation is 1. The monoisotopic (exact) mass is 219 g/mol.